The smallest absolute Gasteiger partial charge is 0.310 e. The molecule has 1 aromatic rings. The largest absolute Gasteiger partial charge is 0.466 e. The summed E-state index contributed by atoms with van der Waals surface area (Å²) in [6.07, 6.45) is -3.10. The predicted molar refractivity (Wildman–Crippen MR) is 59.3 cm³/mol. The Balaban J connectivity index is 3.12. The minimum Gasteiger partial charge on any atom is -0.466 e. The topological polar surface area (TPSA) is 63.0 Å². The lowest BCUT2D eigenvalue weighted by molar-refractivity contribution is -0.142. The molecule has 0 aliphatic rings. The molecule has 4 nitrogen and oxygen atoms in total. The van der Waals surface area contributed by atoms with Gasteiger partial charge in [-0.3, -0.25) is 4.79 Å². The summed E-state index contributed by atoms with van der Waals surface area (Å²) in [6, 6.07) is 2.64. The first kappa shape index (κ1) is 14.3. The van der Waals surface area contributed by atoms with Gasteiger partial charge in [0.05, 0.1) is 24.7 Å². The molecule has 0 fully saturated rings. The molecule has 0 radical (unpaired) electrons. The second kappa shape index (κ2) is 6.26. The quantitative estimate of drug-likeness (QED) is 0.625. The third kappa shape index (κ3) is 3.37. The van der Waals surface area contributed by atoms with E-state index >= 15 is 0 Å². The second-order valence-corrected chi connectivity index (χ2v) is 3.62. The summed E-state index contributed by atoms with van der Waals surface area (Å²) in [5.41, 5.74) is -0.593. The van der Waals surface area contributed by atoms with Crippen molar-refractivity contribution < 1.29 is 18.3 Å². The van der Waals surface area contributed by atoms with E-state index < -0.39 is 18.1 Å². The van der Waals surface area contributed by atoms with Crippen molar-refractivity contribution in [1.29, 1.82) is 5.26 Å². The fourth-order valence-corrected chi connectivity index (χ4v) is 1.56. The molecule has 96 valence electrons. The number of hydrogen-bond donors (Lipinski definition) is 0. The molecule has 0 amide bonds. The van der Waals surface area contributed by atoms with Gasteiger partial charge in [-0.25, -0.2) is 13.8 Å². The third-order valence-electron chi connectivity index (χ3n) is 2.06. The van der Waals surface area contributed by atoms with Crippen molar-refractivity contribution in [2.75, 3.05) is 6.61 Å². The first-order valence-electron chi connectivity index (χ1n) is 5.02. The van der Waals surface area contributed by atoms with E-state index in [2.05, 4.69) is 4.98 Å². The third-order valence-corrected chi connectivity index (χ3v) is 2.38. The minimum atomic E-state index is -2.83. The molecule has 1 aromatic heterocycles. The number of rotatable bonds is 4. The van der Waals surface area contributed by atoms with Crippen molar-refractivity contribution in [1.82, 2.24) is 4.98 Å². The molecule has 18 heavy (non-hydrogen) atoms. The molecule has 0 saturated heterocycles. The number of pyridine rings is 1. The van der Waals surface area contributed by atoms with Gasteiger partial charge in [-0.15, -0.1) is 0 Å². The molecule has 0 saturated carbocycles. The fourth-order valence-electron chi connectivity index (χ4n) is 1.30. The van der Waals surface area contributed by atoms with E-state index in [1.54, 1.807) is 13.0 Å². The lowest BCUT2D eigenvalue weighted by Gasteiger charge is -2.08. The SMILES string of the molecule is CCOC(=O)Cc1c(C#N)cc(C(F)F)nc1Cl. The Kier molecular flexibility index (Phi) is 4.98. The molecule has 0 aliphatic carbocycles. The Hall–Kier alpha value is -1.74. The summed E-state index contributed by atoms with van der Waals surface area (Å²) in [6.45, 7) is 1.81. The van der Waals surface area contributed by atoms with Crippen molar-refractivity contribution >= 4 is 17.6 Å². The molecule has 0 aliphatic heterocycles. The Morgan fingerprint density at radius 1 is 1.67 bits per heavy atom. The zero-order valence-electron chi connectivity index (χ0n) is 9.41. The number of hydrogen-bond acceptors (Lipinski definition) is 4. The first-order valence-corrected chi connectivity index (χ1v) is 5.40. The average Bonchev–Trinajstić information content (AvgIpc) is 2.31. The maximum Gasteiger partial charge on any atom is 0.310 e. The van der Waals surface area contributed by atoms with Gasteiger partial charge in [-0.1, -0.05) is 11.6 Å². The summed E-state index contributed by atoms with van der Waals surface area (Å²) in [4.78, 5) is 14.7. The van der Waals surface area contributed by atoms with E-state index in [1.165, 1.54) is 0 Å². The van der Waals surface area contributed by atoms with Crippen molar-refractivity contribution in [3.05, 3.63) is 28.0 Å². The van der Waals surface area contributed by atoms with Crippen molar-refractivity contribution in [2.45, 2.75) is 19.8 Å². The zero-order valence-corrected chi connectivity index (χ0v) is 10.2. The Morgan fingerprint density at radius 3 is 2.83 bits per heavy atom. The molecule has 0 spiro atoms. The van der Waals surface area contributed by atoms with Crippen LogP contribution in [-0.2, 0) is 16.0 Å². The molecule has 0 atom stereocenters. The van der Waals surface area contributed by atoms with Crippen molar-refractivity contribution in [3.63, 3.8) is 0 Å². The van der Waals surface area contributed by atoms with Gasteiger partial charge < -0.3 is 4.74 Å². The van der Waals surface area contributed by atoms with Gasteiger partial charge >= 0.3 is 5.97 Å². The zero-order chi connectivity index (χ0) is 13.7. The van der Waals surface area contributed by atoms with Crippen LogP contribution in [-0.4, -0.2) is 17.6 Å². The van der Waals surface area contributed by atoms with Crippen LogP contribution in [0, 0.1) is 11.3 Å². The van der Waals surface area contributed by atoms with Gasteiger partial charge in [0.1, 0.15) is 10.8 Å². The minimum absolute atomic E-state index is 0.0987. The van der Waals surface area contributed by atoms with E-state index in [0.29, 0.717) is 0 Å². The molecule has 0 aromatic carbocycles. The van der Waals surface area contributed by atoms with Crippen molar-refractivity contribution in [2.24, 2.45) is 0 Å². The number of aromatic nitrogens is 1. The van der Waals surface area contributed by atoms with E-state index in [1.807, 2.05) is 0 Å². The summed E-state index contributed by atoms with van der Waals surface area (Å²) in [5, 5.41) is 8.58. The molecule has 0 bridgehead atoms. The number of esters is 1. The van der Waals surface area contributed by atoms with Crippen LogP contribution in [0.3, 0.4) is 0 Å². The fraction of sp³-hybridized carbons (Fsp3) is 0.364. The van der Waals surface area contributed by atoms with Gasteiger partial charge in [0.15, 0.2) is 0 Å². The van der Waals surface area contributed by atoms with Crippen LogP contribution in [0.15, 0.2) is 6.07 Å². The summed E-state index contributed by atoms with van der Waals surface area (Å²) < 4.78 is 29.6. The van der Waals surface area contributed by atoms with E-state index in [9.17, 15) is 13.6 Å². The molecule has 1 rings (SSSR count). The molecule has 0 N–H and O–H groups in total. The molecule has 7 heteroatoms. The predicted octanol–water partition coefficient (Wildman–Crippen LogP) is 2.65. The lowest BCUT2D eigenvalue weighted by Crippen LogP contribution is -2.10. The summed E-state index contributed by atoms with van der Waals surface area (Å²) >= 11 is 5.70. The van der Waals surface area contributed by atoms with Gasteiger partial charge in [0.25, 0.3) is 6.43 Å². The molecular weight excluding hydrogens is 266 g/mol. The number of carbonyl (C=O) groups is 1. The van der Waals surface area contributed by atoms with Gasteiger partial charge in [0, 0.05) is 5.56 Å². The van der Waals surface area contributed by atoms with E-state index in [4.69, 9.17) is 21.6 Å². The monoisotopic (exact) mass is 274 g/mol. The van der Waals surface area contributed by atoms with Gasteiger partial charge in [-0.2, -0.15) is 5.26 Å². The van der Waals surface area contributed by atoms with E-state index in [0.717, 1.165) is 6.07 Å². The van der Waals surface area contributed by atoms with Gasteiger partial charge in [-0.05, 0) is 13.0 Å². The number of nitrogens with zero attached hydrogens (tertiary/aromatic N) is 2. The molecular formula is C11H9ClF2N2O2. The number of ether oxygens (including phenoxy) is 1. The standard InChI is InChI=1S/C11H9ClF2N2O2/c1-2-18-9(17)4-7-6(5-15)3-8(11(13)14)16-10(7)12/h3,11H,2,4H2,1H3. The Morgan fingerprint density at radius 2 is 2.33 bits per heavy atom. The maximum absolute atomic E-state index is 12.5. The van der Waals surface area contributed by atoms with Crippen LogP contribution in [0.2, 0.25) is 5.15 Å². The number of nitriles is 1. The van der Waals surface area contributed by atoms with Crippen LogP contribution in [0.25, 0.3) is 0 Å². The van der Waals surface area contributed by atoms with Crippen LogP contribution in [0.1, 0.15) is 30.2 Å². The van der Waals surface area contributed by atoms with Crippen LogP contribution >= 0.6 is 11.6 Å². The van der Waals surface area contributed by atoms with Crippen molar-refractivity contribution in [3.8, 4) is 6.07 Å². The summed E-state index contributed by atoms with van der Waals surface area (Å²) in [7, 11) is 0. The first-order chi connectivity index (χ1) is 8.49. The van der Waals surface area contributed by atoms with Crippen LogP contribution in [0.4, 0.5) is 8.78 Å². The number of carbonyl (C=O) groups excluding carboxylic acids is 1. The number of alkyl halides is 2. The number of halogens is 3. The lowest BCUT2D eigenvalue weighted by atomic mass is 10.1. The maximum atomic E-state index is 12.5. The second-order valence-electron chi connectivity index (χ2n) is 3.26. The highest BCUT2D eigenvalue weighted by molar-refractivity contribution is 6.30. The average molecular weight is 275 g/mol. The Labute approximate surface area is 107 Å². The molecule has 0 unspecified atom stereocenters. The Bertz CT molecular complexity index is 501. The molecule has 1 heterocycles. The van der Waals surface area contributed by atoms with Crippen LogP contribution < -0.4 is 0 Å². The normalized spacial score (nSPS) is 10.2. The summed E-state index contributed by atoms with van der Waals surface area (Å²) in [5.74, 6) is -0.595. The highest BCUT2D eigenvalue weighted by Crippen LogP contribution is 2.25. The highest BCUT2D eigenvalue weighted by atomic mass is 35.5. The van der Waals surface area contributed by atoms with Gasteiger partial charge in [0.2, 0.25) is 0 Å². The van der Waals surface area contributed by atoms with Crippen LogP contribution in [0.5, 0.6) is 0 Å². The van der Waals surface area contributed by atoms with E-state index in [-0.39, 0.29) is 29.3 Å². The highest BCUT2D eigenvalue weighted by Gasteiger charge is 2.18.